The highest BCUT2D eigenvalue weighted by Gasteiger charge is 2.17. The Morgan fingerprint density at radius 3 is 2.54 bits per heavy atom. The Hall–Kier alpha value is -2.28. The van der Waals surface area contributed by atoms with Crippen LogP contribution in [0.1, 0.15) is 33.3 Å². The zero-order valence-electron chi connectivity index (χ0n) is 14.5. The monoisotopic (exact) mass is 386 g/mol. The second-order valence-corrected chi connectivity index (χ2v) is 7.46. The molecule has 1 heterocycles. The van der Waals surface area contributed by atoms with Gasteiger partial charge in [0, 0.05) is 16.8 Å². The minimum Gasteiger partial charge on any atom is -0.320 e. The molecule has 0 aliphatic heterocycles. The lowest BCUT2D eigenvalue weighted by atomic mass is 10.1. The Balaban J connectivity index is 1.62. The largest absolute Gasteiger partial charge is 0.320 e. The van der Waals surface area contributed by atoms with E-state index in [4.69, 9.17) is 11.6 Å². The fourth-order valence-corrected chi connectivity index (χ4v) is 3.39. The van der Waals surface area contributed by atoms with Gasteiger partial charge < -0.3 is 5.32 Å². The molecular formula is C19H19ClN4OS. The molecule has 0 bridgehead atoms. The molecule has 0 radical (unpaired) electrons. The molecule has 0 aliphatic carbocycles. The van der Waals surface area contributed by atoms with Gasteiger partial charge in [-0.1, -0.05) is 53.3 Å². The zero-order valence-corrected chi connectivity index (χ0v) is 16.1. The molecule has 7 heteroatoms. The molecule has 1 aromatic heterocycles. The second kappa shape index (κ2) is 8.40. The molecule has 5 nitrogen and oxygen atoms in total. The summed E-state index contributed by atoms with van der Waals surface area (Å²) in [7, 11) is 2.03. The van der Waals surface area contributed by atoms with Crippen LogP contribution in [0.25, 0.3) is 0 Å². The highest BCUT2D eigenvalue weighted by molar-refractivity contribution is 7.13. The third-order valence-electron chi connectivity index (χ3n) is 4.09. The molecule has 0 saturated carbocycles. The molecule has 0 saturated heterocycles. The van der Waals surface area contributed by atoms with Crippen LogP contribution in [0.3, 0.4) is 0 Å². The van der Waals surface area contributed by atoms with E-state index >= 15 is 0 Å². The van der Waals surface area contributed by atoms with Gasteiger partial charge in [0.25, 0.3) is 5.91 Å². The molecule has 0 fully saturated rings. The molecule has 134 valence electrons. The molecule has 3 rings (SSSR count). The lowest BCUT2D eigenvalue weighted by Crippen LogP contribution is -2.21. The van der Waals surface area contributed by atoms with E-state index in [0.717, 1.165) is 5.01 Å². The molecule has 1 amide bonds. The Morgan fingerprint density at radius 2 is 1.85 bits per heavy atom. The summed E-state index contributed by atoms with van der Waals surface area (Å²) < 4.78 is 0. The number of carbonyl (C=O) groups is 1. The normalized spacial score (nSPS) is 12.2. The van der Waals surface area contributed by atoms with Crippen LogP contribution in [0.2, 0.25) is 5.02 Å². The van der Waals surface area contributed by atoms with Gasteiger partial charge in [-0.25, -0.2) is 0 Å². The fraction of sp³-hybridized carbons (Fsp3) is 0.211. The SMILES string of the molecule is C[C@H](c1ccccc1)N(C)Cc1nnc(C(=O)Nc2ccc(Cl)cc2)s1. The molecule has 0 aliphatic rings. The van der Waals surface area contributed by atoms with Crippen LogP contribution in [0.15, 0.2) is 54.6 Å². The standard InChI is InChI=1S/C19H19ClN4OS/c1-13(14-6-4-3-5-7-14)24(2)12-17-22-23-19(26-17)18(25)21-16-10-8-15(20)9-11-16/h3-11,13H,12H2,1-2H3,(H,21,25)/t13-/m1/s1. The summed E-state index contributed by atoms with van der Waals surface area (Å²) in [5.74, 6) is -0.269. The summed E-state index contributed by atoms with van der Waals surface area (Å²) >= 11 is 7.15. The van der Waals surface area contributed by atoms with Crippen molar-refractivity contribution >= 4 is 34.5 Å². The van der Waals surface area contributed by atoms with Crippen LogP contribution >= 0.6 is 22.9 Å². The Bertz CT molecular complexity index is 867. The maximum absolute atomic E-state index is 12.3. The Morgan fingerprint density at radius 1 is 1.15 bits per heavy atom. The zero-order chi connectivity index (χ0) is 18.5. The average molecular weight is 387 g/mol. The first-order valence-corrected chi connectivity index (χ1v) is 9.37. The first kappa shape index (κ1) is 18.5. The van der Waals surface area contributed by atoms with Gasteiger partial charge in [0.15, 0.2) is 0 Å². The van der Waals surface area contributed by atoms with Crippen molar-refractivity contribution in [3.63, 3.8) is 0 Å². The molecule has 3 aromatic rings. The summed E-state index contributed by atoms with van der Waals surface area (Å²) in [6, 6.07) is 17.5. The summed E-state index contributed by atoms with van der Waals surface area (Å²) in [6.45, 7) is 2.77. The predicted octanol–water partition coefficient (Wildman–Crippen LogP) is 4.64. The molecule has 1 atom stereocenters. The fourth-order valence-electron chi connectivity index (χ4n) is 2.46. The smallest absolute Gasteiger partial charge is 0.286 e. The minimum absolute atomic E-state index is 0.242. The van der Waals surface area contributed by atoms with Gasteiger partial charge in [0.05, 0.1) is 6.54 Å². The van der Waals surface area contributed by atoms with Crippen molar-refractivity contribution in [1.82, 2.24) is 15.1 Å². The van der Waals surface area contributed by atoms with Crippen LogP contribution in [0, 0.1) is 0 Å². The van der Waals surface area contributed by atoms with E-state index in [2.05, 4.69) is 39.5 Å². The van der Waals surface area contributed by atoms with E-state index in [1.165, 1.54) is 16.9 Å². The van der Waals surface area contributed by atoms with Gasteiger partial charge in [-0.05, 0) is 43.8 Å². The van der Waals surface area contributed by atoms with E-state index in [1.54, 1.807) is 24.3 Å². The van der Waals surface area contributed by atoms with Crippen LogP contribution in [0.4, 0.5) is 5.69 Å². The summed E-state index contributed by atoms with van der Waals surface area (Å²) in [6.07, 6.45) is 0. The van der Waals surface area contributed by atoms with Gasteiger partial charge in [-0.15, -0.1) is 10.2 Å². The molecule has 0 spiro atoms. The van der Waals surface area contributed by atoms with Crippen LogP contribution in [-0.4, -0.2) is 28.1 Å². The van der Waals surface area contributed by atoms with Crippen molar-refractivity contribution in [3.05, 3.63) is 75.2 Å². The number of carbonyl (C=O) groups excluding carboxylic acids is 1. The van der Waals surface area contributed by atoms with Gasteiger partial charge in [-0.2, -0.15) is 0 Å². The van der Waals surface area contributed by atoms with Crippen molar-refractivity contribution in [3.8, 4) is 0 Å². The maximum Gasteiger partial charge on any atom is 0.286 e. The van der Waals surface area contributed by atoms with Crippen molar-refractivity contribution in [2.75, 3.05) is 12.4 Å². The number of nitrogens with zero attached hydrogens (tertiary/aromatic N) is 3. The number of hydrogen-bond acceptors (Lipinski definition) is 5. The van der Waals surface area contributed by atoms with E-state index in [0.29, 0.717) is 22.3 Å². The first-order chi connectivity index (χ1) is 12.5. The van der Waals surface area contributed by atoms with Crippen molar-refractivity contribution < 1.29 is 4.79 Å². The molecule has 2 aromatic carbocycles. The van der Waals surface area contributed by atoms with Gasteiger partial charge in [-0.3, -0.25) is 9.69 Å². The van der Waals surface area contributed by atoms with Gasteiger partial charge in [0.2, 0.25) is 5.01 Å². The first-order valence-electron chi connectivity index (χ1n) is 8.17. The number of halogens is 1. The van der Waals surface area contributed by atoms with E-state index in [9.17, 15) is 4.79 Å². The quantitative estimate of drug-likeness (QED) is 0.670. The van der Waals surface area contributed by atoms with E-state index in [1.807, 2.05) is 25.2 Å². The summed E-state index contributed by atoms with van der Waals surface area (Å²) in [5, 5.41) is 12.7. The number of anilines is 1. The van der Waals surface area contributed by atoms with Crippen LogP contribution in [0.5, 0.6) is 0 Å². The maximum atomic E-state index is 12.3. The van der Waals surface area contributed by atoms with Gasteiger partial charge in [0.1, 0.15) is 5.01 Å². The molecule has 26 heavy (non-hydrogen) atoms. The second-order valence-electron chi connectivity index (χ2n) is 5.96. The number of aromatic nitrogens is 2. The summed E-state index contributed by atoms with van der Waals surface area (Å²) in [4.78, 5) is 14.5. The molecular weight excluding hydrogens is 368 g/mol. The van der Waals surface area contributed by atoms with E-state index < -0.39 is 0 Å². The molecule has 1 N–H and O–H groups in total. The lowest BCUT2D eigenvalue weighted by Gasteiger charge is -2.23. The highest BCUT2D eigenvalue weighted by atomic mass is 35.5. The summed E-state index contributed by atoms with van der Waals surface area (Å²) in [5.41, 5.74) is 1.91. The topological polar surface area (TPSA) is 58.1 Å². The van der Waals surface area contributed by atoms with Crippen LogP contribution in [-0.2, 0) is 6.54 Å². The van der Waals surface area contributed by atoms with Crippen molar-refractivity contribution in [2.45, 2.75) is 19.5 Å². The predicted molar refractivity (Wildman–Crippen MR) is 106 cm³/mol. The van der Waals surface area contributed by atoms with Crippen molar-refractivity contribution in [2.24, 2.45) is 0 Å². The molecule has 0 unspecified atom stereocenters. The van der Waals surface area contributed by atoms with Gasteiger partial charge >= 0.3 is 0 Å². The van der Waals surface area contributed by atoms with Crippen molar-refractivity contribution in [1.29, 1.82) is 0 Å². The number of nitrogens with one attached hydrogen (secondary N) is 1. The Labute approximate surface area is 161 Å². The Kier molecular flexibility index (Phi) is 5.98. The number of hydrogen-bond donors (Lipinski definition) is 1. The number of amides is 1. The lowest BCUT2D eigenvalue weighted by molar-refractivity contribution is 0.102. The number of benzene rings is 2. The average Bonchev–Trinajstić information content (AvgIpc) is 3.12. The van der Waals surface area contributed by atoms with Crippen LogP contribution < -0.4 is 5.32 Å². The highest BCUT2D eigenvalue weighted by Crippen LogP contribution is 2.22. The van der Waals surface area contributed by atoms with E-state index in [-0.39, 0.29) is 11.9 Å². The third kappa shape index (κ3) is 4.66. The number of rotatable bonds is 6. The third-order valence-corrected chi connectivity index (χ3v) is 5.25. The minimum atomic E-state index is -0.269.